The number of carbonyl (C=O) groups excluding carboxylic acids is 2. The van der Waals surface area contributed by atoms with Gasteiger partial charge < -0.3 is 4.74 Å². The summed E-state index contributed by atoms with van der Waals surface area (Å²) in [7, 11) is 0. The van der Waals surface area contributed by atoms with Crippen molar-refractivity contribution < 1.29 is 14.3 Å². The zero-order valence-electron chi connectivity index (χ0n) is 20.3. The summed E-state index contributed by atoms with van der Waals surface area (Å²) in [5, 5.41) is 0. The normalized spacial score (nSPS) is 10.9. The average Bonchev–Trinajstić information content (AvgIpc) is 2.90. The van der Waals surface area contributed by atoms with E-state index in [1.165, 1.54) is 24.8 Å². The highest BCUT2D eigenvalue weighted by molar-refractivity contribution is 6.06. The number of ketones is 1. The van der Waals surface area contributed by atoms with Crippen LogP contribution in [-0.2, 0) is 11.2 Å². The summed E-state index contributed by atoms with van der Waals surface area (Å²) < 4.78 is 5.44. The van der Waals surface area contributed by atoms with Crippen LogP contribution in [0.25, 0.3) is 12.2 Å². The topological polar surface area (TPSA) is 43.4 Å². The first-order valence-electron chi connectivity index (χ1n) is 12.4. The van der Waals surface area contributed by atoms with Crippen LogP contribution in [0.4, 0.5) is 0 Å². The van der Waals surface area contributed by atoms with Crippen molar-refractivity contribution in [1.29, 1.82) is 0 Å². The number of esters is 1. The molecule has 3 aromatic carbocycles. The van der Waals surface area contributed by atoms with Crippen LogP contribution in [0.5, 0.6) is 5.75 Å². The highest BCUT2D eigenvalue weighted by Gasteiger charge is 2.05. The Labute approximate surface area is 209 Å². The van der Waals surface area contributed by atoms with Gasteiger partial charge in [0, 0.05) is 12.0 Å². The Kier molecular flexibility index (Phi) is 10.7. The predicted molar refractivity (Wildman–Crippen MR) is 144 cm³/mol. The molecule has 0 bridgehead atoms. The molecular weight excluding hydrogens is 432 g/mol. The van der Waals surface area contributed by atoms with Gasteiger partial charge in [-0.25, -0.2) is 0 Å². The van der Waals surface area contributed by atoms with Crippen molar-refractivity contribution >= 4 is 23.9 Å². The van der Waals surface area contributed by atoms with Crippen LogP contribution >= 0.6 is 0 Å². The van der Waals surface area contributed by atoms with Crippen molar-refractivity contribution in [2.45, 2.75) is 51.4 Å². The number of hydrogen-bond acceptors (Lipinski definition) is 3. The van der Waals surface area contributed by atoms with E-state index in [0.29, 0.717) is 17.7 Å². The van der Waals surface area contributed by atoms with Crippen LogP contribution in [0.3, 0.4) is 0 Å². The molecule has 0 aliphatic heterocycles. The van der Waals surface area contributed by atoms with Crippen LogP contribution in [0, 0.1) is 0 Å². The second kappa shape index (κ2) is 14.5. The van der Waals surface area contributed by atoms with Gasteiger partial charge >= 0.3 is 5.97 Å². The van der Waals surface area contributed by atoms with Gasteiger partial charge in [0.25, 0.3) is 0 Å². The van der Waals surface area contributed by atoms with Gasteiger partial charge in [0.2, 0.25) is 0 Å². The highest BCUT2D eigenvalue weighted by atomic mass is 16.5. The van der Waals surface area contributed by atoms with Crippen LogP contribution in [-0.4, -0.2) is 11.8 Å². The largest absolute Gasteiger partial charge is 0.427 e. The average molecular weight is 467 g/mol. The van der Waals surface area contributed by atoms with E-state index in [-0.39, 0.29) is 11.8 Å². The van der Waals surface area contributed by atoms with E-state index >= 15 is 0 Å². The third kappa shape index (κ3) is 9.58. The van der Waals surface area contributed by atoms with Gasteiger partial charge in [0.05, 0.1) is 0 Å². The number of allylic oxidation sites excluding steroid dienone is 1. The maximum Gasteiger partial charge on any atom is 0.311 e. The molecule has 0 N–H and O–H groups in total. The molecule has 0 saturated heterocycles. The van der Waals surface area contributed by atoms with E-state index in [1.807, 2.05) is 36.4 Å². The lowest BCUT2D eigenvalue weighted by Gasteiger charge is -2.05. The molecule has 3 nitrogen and oxygen atoms in total. The second-order valence-electron chi connectivity index (χ2n) is 8.67. The molecule has 0 radical (unpaired) electrons. The molecule has 3 rings (SSSR count). The SMILES string of the molecule is C=Cc1ccc(CCCCCCCCC(=O)Oc2ccc(C=CC(=O)c3ccccc3)cc2)cc1. The number of rotatable bonds is 14. The molecular formula is C32H34O3. The van der Waals surface area contributed by atoms with Gasteiger partial charge in [-0.3, -0.25) is 9.59 Å². The third-order valence-corrected chi connectivity index (χ3v) is 5.91. The van der Waals surface area contributed by atoms with Gasteiger partial charge in [-0.15, -0.1) is 0 Å². The molecule has 180 valence electrons. The standard InChI is InChI=1S/C32H34O3/c1-2-26-16-18-27(19-17-26)12-8-5-3-4-6-11-15-32(34)35-30-23-20-28(21-24-30)22-25-31(33)29-13-9-7-10-14-29/h2,7,9-10,13-14,16-25H,1,3-6,8,11-12,15H2. The summed E-state index contributed by atoms with van der Waals surface area (Å²) >= 11 is 0. The monoisotopic (exact) mass is 466 g/mol. The van der Waals surface area contributed by atoms with Crippen molar-refractivity contribution in [2.75, 3.05) is 0 Å². The third-order valence-electron chi connectivity index (χ3n) is 5.91. The van der Waals surface area contributed by atoms with Crippen molar-refractivity contribution in [3.8, 4) is 5.75 Å². The Morgan fingerprint density at radius 3 is 2.03 bits per heavy atom. The Bertz CT molecular complexity index is 1090. The number of aryl methyl sites for hydroxylation is 1. The first-order valence-corrected chi connectivity index (χ1v) is 12.4. The zero-order chi connectivity index (χ0) is 24.7. The smallest absolute Gasteiger partial charge is 0.311 e. The Balaban J connectivity index is 1.26. The molecule has 0 spiro atoms. The Morgan fingerprint density at radius 1 is 0.714 bits per heavy atom. The molecule has 0 heterocycles. The molecule has 0 saturated carbocycles. The van der Waals surface area contributed by atoms with E-state index in [1.54, 1.807) is 36.4 Å². The number of carbonyl (C=O) groups is 2. The maximum atomic E-state index is 12.1. The van der Waals surface area contributed by atoms with E-state index in [9.17, 15) is 9.59 Å². The quantitative estimate of drug-likeness (QED) is 0.0792. The minimum absolute atomic E-state index is 0.0420. The molecule has 0 unspecified atom stereocenters. The molecule has 0 atom stereocenters. The van der Waals surface area contributed by atoms with Crippen LogP contribution in [0.15, 0.2) is 91.5 Å². The van der Waals surface area contributed by atoms with E-state index in [2.05, 4.69) is 30.8 Å². The Morgan fingerprint density at radius 2 is 1.34 bits per heavy atom. The lowest BCUT2D eigenvalue weighted by molar-refractivity contribution is -0.134. The minimum Gasteiger partial charge on any atom is -0.427 e. The van der Waals surface area contributed by atoms with E-state index in [4.69, 9.17) is 4.74 Å². The van der Waals surface area contributed by atoms with Gasteiger partial charge in [-0.05, 0) is 54.2 Å². The molecule has 0 aliphatic rings. The predicted octanol–water partition coefficient (Wildman–Crippen LogP) is 8.10. The van der Waals surface area contributed by atoms with Crippen LogP contribution < -0.4 is 4.74 Å². The fourth-order valence-electron chi connectivity index (χ4n) is 3.83. The fourth-order valence-corrected chi connectivity index (χ4v) is 3.83. The zero-order valence-corrected chi connectivity index (χ0v) is 20.3. The van der Waals surface area contributed by atoms with Crippen LogP contribution in [0.2, 0.25) is 0 Å². The number of hydrogen-bond donors (Lipinski definition) is 0. The van der Waals surface area contributed by atoms with Crippen LogP contribution in [0.1, 0.15) is 72.0 Å². The first kappa shape index (κ1) is 25.9. The first-order chi connectivity index (χ1) is 17.1. The summed E-state index contributed by atoms with van der Waals surface area (Å²) in [6.45, 7) is 3.78. The molecule has 0 aliphatic carbocycles. The highest BCUT2D eigenvalue weighted by Crippen LogP contribution is 2.16. The lowest BCUT2D eigenvalue weighted by atomic mass is 10.0. The van der Waals surface area contributed by atoms with Crippen molar-refractivity contribution in [1.82, 2.24) is 0 Å². The molecule has 3 heteroatoms. The molecule has 3 aromatic rings. The van der Waals surface area contributed by atoms with Crippen molar-refractivity contribution in [3.05, 3.63) is 114 Å². The number of benzene rings is 3. The maximum absolute atomic E-state index is 12.1. The summed E-state index contributed by atoms with van der Waals surface area (Å²) in [5.41, 5.74) is 4.07. The van der Waals surface area contributed by atoms with Gasteiger partial charge in [0.15, 0.2) is 5.78 Å². The summed E-state index contributed by atoms with van der Waals surface area (Å²) in [5.74, 6) is 0.290. The van der Waals surface area contributed by atoms with Gasteiger partial charge in [0.1, 0.15) is 5.75 Å². The minimum atomic E-state index is -0.199. The van der Waals surface area contributed by atoms with E-state index < -0.39 is 0 Å². The van der Waals surface area contributed by atoms with Crippen molar-refractivity contribution in [2.24, 2.45) is 0 Å². The number of ether oxygens (including phenoxy) is 1. The van der Waals surface area contributed by atoms with E-state index in [0.717, 1.165) is 36.8 Å². The molecule has 0 aromatic heterocycles. The molecule has 35 heavy (non-hydrogen) atoms. The van der Waals surface area contributed by atoms with Crippen molar-refractivity contribution in [3.63, 3.8) is 0 Å². The Hall–Kier alpha value is -3.72. The molecule has 0 amide bonds. The summed E-state index contributed by atoms with van der Waals surface area (Å²) in [4.78, 5) is 24.3. The lowest BCUT2D eigenvalue weighted by Crippen LogP contribution is -2.07. The number of unbranched alkanes of at least 4 members (excludes halogenated alkanes) is 5. The molecule has 0 fully saturated rings. The summed E-state index contributed by atoms with van der Waals surface area (Å²) in [6, 6.07) is 24.9. The summed E-state index contributed by atoms with van der Waals surface area (Å²) in [6.07, 6.45) is 13.4. The second-order valence-corrected chi connectivity index (χ2v) is 8.67. The van der Waals surface area contributed by atoms with Gasteiger partial charge in [-0.1, -0.05) is 111 Å². The fraction of sp³-hybridized carbons (Fsp3) is 0.250. The van der Waals surface area contributed by atoms with Gasteiger partial charge in [-0.2, -0.15) is 0 Å².